The fourth-order valence-electron chi connectivity index (χ4n) is 5.30. The third kappa shape index (κ3) is 2.93. The maximum Gasteiger partial charge on any atom is 0.0747 e. The van der Waals surface area contributed by atoms with Gasteiger partial charge in [0, 0.05) is 17.6 Å². The van der Waals surface area contributed by atoms with Crippen LogP contribution in [0.2, 0.25) is 0 Å². The molecule has 2 atom stereocenters. The van der Waals surface area contributed by atoms with Gasteiger partial charge in [0.2, 0.25) is 0 Å². The monoisotopic (exact) mass is 350 g/mol. The van der Waals surface area contributed by atoms with E-state index in [9.17, 15) is 5.11 Å². The molecule has 3 nitrogen and oxygen atoms in total. The molecule has 0 amide bonds. The zero-order valence-corrected chi connectivity index (χ0v) is 15.5. The van der Waals surface area contributed by atoms with E-state index in [0.29, 0.717) is 6.54 Å². The van der Waals surface area contributed by atoms with E-state index in [0.717, 1.165) is 50.8 Å². The van der Waals surface area contributed by atoms with Crippen molar-refractivity contribution in [1.29, 1.82) is 0 Å². The lowest BCUT2D eigenvalue weighted by Gasteiger charge is -2.55. The van der Waals surface area contributed by atoms with Gasteiger partial charge in [-0.05, 0) is 67.5 Å². The van der Waals surface area contributed by atoms with Crippen molar-refractivity contribution in [2.75, 3.05) is 11.9 Å². The Morgan fingerprint density at radius 3 is 2.62 bits per heavy atom. The van der Waals surface area contributed by atoms with E-state index in [1.807, 2.05) is 6.07 Å². The van der Waals surface area contributed by atoms with Crippen LogP contribution in [0.25, 0.3) is 0 Å². The first-order valence-electron chi connectivity index (χ1n) is 10.0. The summed E-state index contributed by atoms with van der Waals surface area (Å²) in [5, 5.41) is 15.1. The van der Waals surface area contributed by atoms with Crippen LogP contribution >= 0.6 is 0 Å². The molecule has 0 saturated heterocycles. The lowest BCUT2D eigenvalue weighted by molar-refractivity contribution is -0.0861. The quantitative estimate of drug-likeness (QED) is 0.760. The van der Waals surface area contributed by atoms with Crippen molar-refractivity contribution in [3.8, 4) is 0 Å². The van der Waals surface area contributed by atoms with Crippen molar-refractivity contribution in [2.45, 2.75) is 62.5 Å². The number of nitrogens with two attached hydrogens (primary N) is 1. The van der Waals surface area contributed by atoms with Crippen LogP contribution < -0.4 is 11.1 Å². The highest BCUT2D eigenvalue weighted by Gasteiger charge is 2.54. The summed E-state index contributed by atoms with van der Waals surface area (Å²) in [5.41, 5.74) is 10.4. The zero-order chi connectivity index (χ0) is 18.0. The molecule has 0 spiro atoms. The highest BCUT2D eigenvalue weighted by atomic mass is 16.3. The van der Waals surface area contributed by atoms with E-state index in [1.54, 1.807) is 0 Å². The van der Waals surface area contributed by atoms with Gasteiger partial charge in [-0.2, -0.15) is 0 Å². The second-order valence-electron chi connectivity index (χ2n) is 8.07. The Hall–Kier alpha value is -1.84. The highest BCUT2D eigenvalue weighted by Crippen LogP contribution is 2.54. The van der Waals surface area contributed by atoms with Gasteiger partial charge >= 0.3 is 0 Å². The van der Waals surface area contributed by atoms with Gasteiger partial charge in [-0.15, -0.1) is 0 Å². The lowest BCUT2D eigenvalue weighted by Crippen LogP contribution is -2.57. The van der Waals surface area contributed by atoms with E-state index < -0.39 is 5.60 Å². The molecule has 0 bridgehead atoms. The minimum absolute atomic E-state index is 0.169. The van der Waals surface area contributed by atoms with Crippen molar-refractivity contribution in [1.82, 2.24) is 0 Å². The third-order valence-corrected chi connectivity index (χ3v) is 6.68. The van der Waals surface area contributed by atoms with Crippen LogP contribution in [0.3, 0.4) is 0 Å². The molecular formula is C23H30N2O. The summed E-state index contributed by atoms with van der Waals surface area (Å²) in [6.45, 7) is 1.44. The predicted octanol–water partition coefficient (Wildman–Crippen LogP) is 4.14. The van der Waals surface area contributed by atoms with Crippen molar-refractivity contribution >= 4 is 5.69 Å². The maximum absolute atomic E-state index is 11.5. The smallest absolute Gasteiger partial charge is 0.0747 e. The first-order chi connectivity index (χ1) is 12.7. The Morgan fingerprint density at radius 1 is 1.00 bits per heavy atom. The number of aryl methyl sites for hydroxylation is 1. The summed E-state index contributed by atoms with van der Waals surface area (Å²) in [5.74, 6) is 0. The molecule has 3 heteroatoms. The van der Waals surface area contributed by atoms with Gasteiger partial charge in [0.05, 0.1) is 5.60 Å². The molecule has 0 radical (unpaired) electrons. The summed E-state index contributed by atoms with van der Waals surface area (Å²) >= 11 is 0. The van der Waals surface area contributed by atoms with Gasteiger partial charge in [-0.25, -0.2) is 0 Å². The normalized spacial score (nSPS) is 27.5. The van der Waals surface area contributed by atoms with Crippen molar-refractivity contribution < 1.29 is 5.11 Å². The van der Waals surface area contributed by atoms with E-state index in [-0.39, 0.29) is 5.41 Å². The summed E-state index contributed by atoms with van der Waals surface area (Å²) in [6.07, 6.45) is 6.99. The molecule has 4 N–H and O–H groups in total. The number of anilines is 1. The number of fused-ring (bicyclic) bond motifs is 3. The molecule has 2 aliphatic carbocycles. The standard InChI is InChI=1S/C23H30N2O/c24-15-14-22-11-4-5-12-23(22,26)13-10-19-8-9-20(16-21(19)22)25-17-18-6-2-1-3-7-18/h1-3,6-9,16,25-26H,4-5,10-15,17,24H2/t22-,23+/m1/s1. The van der Waals surface area contributed by atoms with Gasteiger partial charge in [-0.1, -0.05) is 49.2 Å². The molecule has 0 unspecified atom stereocenters. The molecule has 0 heterocycles. The van der Waals surface area contributed by atoms with Crippen molar-refractivity contribution in [2.24, 2.45) is 5.73 Å². The van der Waals surface area contributed by atoms with Crippen molar-refractivity contribution in [3.63, 3.8) is 0 Å². The Bertz CT molecular complexity index is 756. The molecular weight excluding hydrogens is 320 g/mol. The Balaban J connectivity index is 1.66. The average molecular weight is 351 g/mol. The molecule has 4 rings (SSSR count). The molecule has 0 aromatic heterocycles. The van der Waals surface area contributed by atoms with Crippen LogP contribution in [0.5, 0.6) is 0 Å². The van der Waals surface area contributed by atoms with Gasteiger partial charge in [0.25, 0.3) is 0 Å². The van der Waals surface area contributed by atoms with E-state index >= 15 is 0 Å². The van der Waals surface area contributed by atoms with Crippen LogP contribution in [-0.4, -0.2) is 17.3 Å². The topological polar surface area (TPSA) is 58.3 Å². The molecule has 1 fully saturated rings. The fourth-order valence-corrected chi connectivity index (χ4v) is 5.30. The largest absolute Gasteiger partial charge is 0.389 e. The van der Waals surface area contributed by atoms with Crippen molar-refractivity contribution in [3.05, 3.63) is 65.2 Å². The summed E-state index contributed by atoms with van der Waals surface area (Å²) in [6, 6.07) is 17.2. The number of nitrogens with one attached hydrogen (secondary N) is 1. The second kappa shape index (κ2) is 7.05. The molecule has 138 valence electrons. The average Bonchev–Trinajstić information content (AvgIpc) is 2.68. The molecule has 26 heavy (non-hydrogen) atoms. The van der Waals surface area contributed by atoms with Crippen LogP contribution in [0.4, 0.5) is 5.69 Å². The van der Waals surface area contributed by atoms with Crippen LogP contribution in [0.15, 0.2) is 48.5 Å². The van der Waals surface area contributed by atoms with E-state index in [4.69, 9.17) is 5.73 Å². The summed E-state index contributed by atoms with van der Waals surface area (Å²) in [7, 11) is 0. The predicted molar refractivity (Wildman–Crippen MR) is 107 cm³/mol. The van der Waals surface area contributed by atoms with E-state index in [1.165, 1.54) is 23.1 Å². The Labute approximate surface area is 156 Å². The minimum atomic E-state index is -0.588. The lowest BCUT2D eigenvalue weighted by atomic mass is 9.53. The zero-order valence-electron chi connectivity index (χ0n) is 15.5. The summed E-state index contributed by atoms with van der Waals surface area (Å²) in [4.78, 5) is 0. The number of aliphatic hydroxyl groups is 1. The SMILES string of the molecule is NCC[C@@]12CCCC[C@]1(O)CCc1ccc(NCc3ccccc3)cc12. The Morgan fingerprint density at radius 2 is 1.81 bits per heavy atom. The molecule has 2 aliphatic rings. The second-order valence-corrected chi connectivity index (χ2v) is 8.07. The third-order valence-electron chi connectivity index (χ3n) is 6.68. The van der Waals surface area contributed by atoms with Gasteiger partial charge < -0.3 is 16.2 Å². The molecule has 0 aliphatic heterocycles. The minimum Gasteiger partial charge on any atom is -0.389 e. The van der Waals surface area contributed by atoms with Gasteiger partial charge in [-0.3, -0.25) is 0 Å². The van der Waals surface area contributed by atoms with Crippen LogP contribution in [-0.2, 0) is 18.4 Å². The Kier molecular flexibility index (Phi) is 4.76. The number of rotatable bonds is 5. The highest BCUT2D eigenvalue weighted by molar-refractivity contribution is 5.54. The maximum atomic E-state index is 11.5. The fraction of sp³-hybridized carbons (Fsp3) is 0.478. The first kappa shape index (κ1) is 17.6. The van der Waals surface area contributed by atoms with Gasteiger partial charge in [0.1, 0.15) is 0 Å². The number of hydrogen-bond acceptors (Lipinski definition) is 3. The molecule has 1 saturated carbocycles. The van der Waals surface area contributed by atoms with Crippen LogP contribution in [0.1, 0.15) is 55.2 Å². The first-order valence-corrected chi connectivity index (χ1v) is 10.0. The summed E-state index contributed by atoms with van der Waals surface area (Å²) < 4.78 is 0. The molecule has 2 aromatic rings. The van der Waals surface area contributed by atoms with Gasteiger partial charge in [0.15, 0.2) is 0 Å². The van der Waals surface area contributed by atoms with Crippen LogP contribution in [0, 0.1) is 0 Å². The van der Waals surface area contributed by atoms with E-state index in [2.05, 4.69) is 47.8 Å². The number of benzene rings is 2. The number of hydrogen-bond donors (Lipinski definition) is 3. The molecule has 2 aromatic carbocycles.